The Bertz CT molecular complexity index is 965. The number of nitrogens with zero attached hydrogens (tertiary/aromatic N) is 3. The van der Waals surface area contributed by atoms with Crippen molar-refractivity contribution >= 4 is 32.6 Å². The van der Waals surface area contributed by atoms with E-state index >= 15 is 0 Å². The molecule has 4 rings (SSSR count). The largest absolute Gasteiger partial charge is 0.375 e. The number of hydrogen-bond acceptors (Lipinski definition) is 6. The third kappa shape index (κ3) is 4.13. The molecular weight excluding hydrogens is 386 g/mol. The summed E-state index contributed by atoms with van der Waals surface area (Å²) in [6.45, 7) is 8.09. The summed E-state index contributed by atoms with van der Waals surface area (Å²) in [6, 6.07) is 8.13. The van der Waals surface area contributed by atoms with E-state index in [1.54, 1.807) is 11.3 Å². The van der Waals surface area contributed by atoms with Gasteiger partial charge in [0.25, 0.3) is 5.91 Å². The first-order chi connectivity index (χ1) is 14.1. The van der Waals surface area contributed by atoms with Crippen LogP contribution in [0.15, 0.2) is 24.3 Å². The molecule has 0 aliphatic carbocycles. The standard InChI is InChI=1S/C21H27N5O2S/c1-4-14-13(3)22-19(23-14)20(27)24-15-10-11-26(12-17(15)28-5-2)21-25-16-8-6-7-9-18(16)29-21/h6-9,15,17H,4-5,10-12H2,1-3H3,(H,22,23)(H,24,27). The number of aromatic amines is 1. The zero-order valence-corrected chi connectivity index (χ0v) is 17.9. The van der Waals surface area contributed by atoms with Gasteiger partial charge in [-0.3, -0.25) is 4.79 Å². The fourth-order valence-electron chi connectivity index (χ4n) is 3.82. The van der Waals surface area contributed by atoms with Gasteiger partial charge in [0, 0.05) is 25.4 Å². The van der Waals surface area contributed by atoms with Gasteiger partial charge in [0.15, 0.2) is 11.0 Å². The summed E-state index contributed by atoms with van der Waals surface area (Å²) in [7, 11) is 0. The lowest BCUT2D eigenvalue weighted by molar-refractivity contribution is 0.0271. The smallest absolute Gasteiger partial charge is 0.287 e. The van der Waals surface area contributed by atoms with Gasteiger partial charge in [0.05, 0.1) is 28.1 Å². The molecule has 0 radical (unpaired) electrons. The van der Waals surface area contributed by atoms with Crippen LogP contribution in [0.25, 0.3) is 10.2 Å². The van der Waals surface area contributed by atoms with Crippen LogP contribution in [0.1, 0.15) is 42.3 Å². The molecule has 1 aromatic carbocycles. The van der Waals surface area contributed by atoms with Crippen molar-refractivity contribution in [2.45, 2.75) is 45.8 Å². The summed E-state index contributed by atoms with van der Waals surface area (Å²) in [5, 5.41) is 4.14. The van der Waals surface area contributed by atoms with Crippen molar-refractivity contribution < 1.29 is 9.53 Å². The van der Waals surface area contributed by atoms with E-state index in [9.17, 15) is 4.79 Å². The van der Waals surface area contributed by atoms with Crippen molar-refractivity contribution in [3.8, 4) is 0 Å². The normalized spacial score (nSPS) is 19.6. The number of ether oxygens (including phenoxy) is 1. The second kappa shape index (κ2) is 8.51. The van der Waals surface area contributed by atoms with Gasteiger partial charge < -0.3 is 19.9 Å². The molecule has 8 heteroatoms. The van der Waals surface area contributed by atoms with Gasteiger partial charge in [-0.15, -0.1) is 0 Å². The number of imidazole rings is 1. The second-order valence-electron chi connectivity index (χ2n) is 7.28. The van der Waals surface area contributed by atoms with Crippen LogP contribution >= 0.6 is 11.3 Å². The first-order valence-electron chi connectivity index (χ1n) is 10.2. The molecule has 1 aliphatic heterocycles. The third-order valence-electron chi connectivity index (χ3n) is 5.36. The summed E-state index contributed by atoms with van der Waals surface area (Å²) < 4.78 is 7.18. The number of fused-ring (bicyclic) bond motifs is 1. The second-order valence-corrected chi connectivity index (χ2v) is 8.28. The number of para-hydroxylation sites is 1. The molecule has 1 fully saturated rings. The average molecular weight is 414 g/mol. The third-order valence-corrected chi connectivity index (χ3v) is 6.46. The minimum absolute atomic E-state index is 0.0523. The zero-order chi connectivity index (χ0) is 20.4. The lowest BCUT2D eigenvalue weighted by atomic mass is 10.0. The number of benzene rings is 1. The number of H-pyrrole nitrogens is 1. The number of amides is 1. The Labute approximate surface area is 174 Å². The molecule has 2 atom stereocenters. The minimum atomic E-state index is -0.170. The topological polar surface area (TPSA) is 83.1 Å². The number of aromatic nitrogens is 3. The van der Waals surface area contributed by atoms with Gasteiger partial charge in [-0.2, -0.15) is 0 Å². The summed E-state index contributed by atoms with van der Waals surface area (Å²) in [5.74, 6) is 0.208. The molecule has 3 heterocycles. The number of rotatable bonds is 6. The highest BCUT2D eigenvalue weighted by Crippen LogP contribution is 2.31. The predicted molar refractivity (Wildman–Crippen MR) is 116 cm³/mol. The van der Waals surface area contributed by atoms with E-state index in [1.807, 2.05) is 39.0 Å². The van der Waals surface area contributed by atoms with Gasteiger partial charge in [-0.25, -0.2) is 9.97 Å². The minimum Gasteiger partial charge on any atom is -0.375 e. The van der Waals surface area contributed by atoms with E-state index in [1.165, 1.54) is 4.70 Å². The quantitative estimate of drug-likeness (QED) is 0.648. The van der Waals surface area contributed by atoms with Crippen molar-refractivity contribution in [3.05, 3.63) is 41.5 Å². The predicted octanol–water partition coefficient (Wildman–Crippen LogP) is 3.30. The fraction of sp³-hybridized carbons (Fsp3) is 0.476. The number of carbonyl (C=O) groups excluding carboxylic acids is 1. The van der Waals surface area contributed by atoms with Crippen LogP contribution in [-0.4, -0.2) is 52.7 Å². The molecule has 3 aromatic rings. The Balaban J connectivity index is 1.46. The van der Waals surface area contributed by atoms with Gasteiger partial charge in [-0.05, 0) is 38.8 Å². The average Bonchev–Trinajstić information content (AvgIpc) is 3.32. The van der Waals surface area contributed by atoms with E-state index in [0.29, 0.717) is 19.0 Å². The van der Waals surface area contributed by atoms with Crippen molar-refractivity contribution in [1.82, 2.24) is 20.3 Å². The highest BCUT2D eigenvalue weighted by molar-refractivity contribution is 7.22. The number of anilines is 1. The van der Waals surface area contributed by atoms with Crippen molar-refractivity contribution in [3.63, 3.8) is 0 Å². The molecule has 2 unspecified atom stereocenters. The van der Waals surface area contributed by atoms with Crippen molar-refractivity contribution in [2.75, 3.05) is 24.6 Å². The van der Waals surface area contributed by atoms with Gasteiger partial charge in [0.1, 0.15) is 0 Å². The molecule has 2 aromatic heterocycles. The Kier molecular flexibility index (Phi) is 5.82. The lowest BCUT2D eigenvalue weighted by Crippen LogP contribution is -2.55. The van der Waals surface area contributed by atoms with E-state index in [0.717, 1.165) is 41.4 Å². The number of nitrogens with one attached hydrogen (secondary N) is 2. The van der Waals surface area contributed by atoms with Crippen LogP contribution in [0, 0.1) is 6.92 Å². The maximum atomic E-state index is 12.7. The molecule has 1 amide bonds. The molecule has 1 saturated heterocycles. The summed E-state index contributed by atoms with van der Waals surface area (Å²) in [5.41, 5.74) is 2.91. The Hall–Kier alpha value is -2.45. The summed E-state index contributed by atoms with van der Waals surface area (Å²) in [4.78, 5) is 27.3. The number of piperidine rings is 1. The summed E-state index contributed by atoms with van der Waals surface area (Å²) >= 11 is 1.70. The molecule has 2 N–H and O–H groups in total. The fourth-order valence-corrected chi connectivity index (χ4v) is 4.82. The number of aryl methyl sites for hydroxylation is 2. The van der Waals surface area contributed by atoms with Crippen LogP contribution < -0.4 is 10.2 Å². The molecule has 0 bridgehead atoms. The highest BCUT2D eigenvalue weighted by atomic mass is 32.1. The molecule has 1 aliphatic rings. The molecule has 7 nitrogen and oxygen atoms in total. The van der Waals surface area contributed by atoms with Crippen LogP contribution in [-0.2, 0) is 11.2 Å². The maximum absolute atomic E-state index is 12.7. The maximum Gasteiger partial charge on any atom is 0.287 e. The molecule has 154 valence electrons. The Morgan fingerprint density at radius 1 is 1.34 bits per heavy atom. The van der Waals surface area contributed by atoms with Gasteiger partial charge in [0.2, 0.25) is 0 Å². The molecule has 29 heavy (non-hydrogen) atoms. The lowest BCUT2D eigenvalue weighted by Gasteiger charge is -2.38. The first-order valence-corrected chi connectivity index (χ1v) is 11.0. The summed E-state index contributed by atoms with van der Waals surface area (Å²) in [6.07, 6.45) is 1.53. The number of carbonyl (C=O) groups is 1. The van der Waals surface area contributed by atoms with Crippen LogP contribution in [0.2, 0.25) is 0 Å². The van der Waals surface area contributed by atoms with Crippen LogP contribution in [0.5, 0.6) is 0 Å². The molecule has 0 spiro atoms. The zero-order valence-electron chi connectivity index (χ0n) is 17.1. The number of thiazole rings is 1. The number of hydrogen-bond donors (Lipinski definition) is 2. The molecule has 0 saturated carbocycles. The van der Waals surface area contributed by atoms with Gasteiger partial charge in [-0.1, -0.05) is 30.4 Å². The van der Waals surface area contributed by atoms with Crippen LogP contribution in [0.3, 0.4) is 0 Å². The first kappa shape index (κ1) is 19.8. The van der Waals surface area contributed by atoms with Gasteiger partial charge >= 0.3 is 0 Å². The van der Waals surface area contributed by atoms with E-state index in [-0.39, 0.29) is 18.1 Å². The SMILES string of the molecule is CCOC1CN(c2nc3ccccc3s2)CCC1NC(=O)c1nc(C)c(CC)[nH]1. The van der Waals surface area contributed by atoms with E-state index in [4.69, 9.17) is 9.72 Å². The highest BCUT2D eigenvalue weighted by Gasteiger charge is 2.33. The van der Waals surface area contributed by atoms with Crippen LogP contribution in [0.4, 0.5) is 5.13 Å². The monoisotopic (exact) mass is 413 g/mol. The Morgan fingerprint density at radius 2 is 2.17 bits per heavy atom. The van der Waals surface area contributed by atoms with Crippen molar-refractivity contribution in [1.29, 1.82) is 0 Å². The van der Waals surface area contributed by atoms with E-state index in [2.05, 4.69) is 26.3 Å². The Morgan fingerprint density at radius 3 is 2.90 bits per heavy atom. The van der Waals surface area contributed by atoms with Crippen molar-refractivity contribution in [2.24, 2.45) is 0 Å². The van der Waals surface area contributed by atoms with E-state index < -0.39 is 0 Å². The molecular formula is C21H27N5O2S.